The van der Waals surface area contributed by atoms with Crippen molar-refractivity contribution in [3.8, 4) is 0 Å². The predicted octanol–water partition coefficient (Wildman–Crippen LogP) is -1.04. The molecule has 0 bridgehead atoms. The minimum Gasteiger partial charge on any atom is -0.326 e. The van der Waals surface area contributed by atoms with Crippen LogP contribution in [0, 0.1) is 0 Å². The first-order chi connectivity index (χ1) is 6.83. The highest BCUT2D eigenvalue weighted by Crippen LogP contribution is 2.53. The largest absolute Gasteiger partial charge is 0.478 e. The van der Waals surface area contributed by atoms with Gasteiger partial charge in [0.2, 0.25) is 0 Å². The Kier molecular flexibility index (Phi) is 9.28. The quantitative estimate of drug-likeness (QED) is 0.342. The molecule has 12 nitrogen and oxygen atoms in total. The highest BCUT2D eigenvalue weighted by atomic mass is 31.3. The molecule has 0 radical (unpaired) electrons. The highest BCUT2D eigenvalue weighted by molar-refractivity contribution is 7.60. The molecule has 6 N–H and O–H groups in total. The molecule has 0 spiro atoms. The van der Waals surface area contributed by atoms with Crippen LogP contribution < -0.4 is 0 Å². The van der Waals surface area contributed by atoms with Crippen molar-refractivity contribution in [2.24, 2.45) is 0 Å². The van der Waals surface area contributed by atoms with Gasteiger partial charge in [-0.25, -0.2) is 13.4 Å². The van der Waals surface area contributed by atoms with Crippen molar-refractivity contribution >= 4 is 32.2 Å². The maximum Gasteiger partial charge on any atom is 0.478 e. The van der Waals surface area contributed by atoms with Crippen molar-refractivity contribution in [1.82, 2.24) is 0 Å². The lowest BCUT2D eigenvalue weighted by molar-refractivity contribution is 0.225. The lowest BCUT2D eigenvalue weighted by atomic mass is 15.7. The average Bonchev–Trinajstić information content (AvgIpc) is 1.72. The van der Waals surface area contributed by atoms with E-state index in [4.69, 9.17) is 29.4 Å². The number of hydrogen-bond donors (Lipinski definition) is 6. The van der Waals surface area contributed by atoms with Gasteiger partial charge < -0.3 is 29.4 Å². The third-order valence-corrected chi connectivity index (χ3v) is 3.49. The molecule has 2 atom stereocenters. The van der Waals surface area contributed by atoms with Gasteiger partial charge in [-0.2, -0.15) is 4.31 Å². The predicted molar refractivity (Wildman–Crippen MR) is 48.7 cm³/mol. The zero-order valence-corrected chi connectivity index (χ0v) is 10.8. The summed E-state index contributed by atoms with van der Waals surface area (Å²) >= 11 is 0. The molecule has 0 aromatic rings. The zero-order valence-electron chi connectivity index (χ0n) is 7.03. The molecule has 0 aromatic heterocycles. The maximum atomic E-state index is 9.63. The van der Waals surface area contributed by atoms with Crippen LogP contribution in [0.5, 0.6) is 0 Å². The summed E-state index contributed by atoms with van der Waals surface area (Å²) < 4.78 is 44.5. The molecule has 2 unspecified atom stereocenters. The van der Waals surface area contributed by atoms with Gasteiger partial charge in [-0.3, -0.25) is 9.13 Å². The maximum absolute atomic E-state index is 9.63. The van der Waals surface area contributed by atoms with Crippen molar-refractivity contribution in [2.45, 2.75) is 0 Å². The van der Waals surface area contributed by atoms with Crippen LogP contribution in [0.1, 0.15) is 0 Å². The molecule has 0 aromatic carbocycles. The van der Waals surface area contributed by atoms with Gasteiger partial charge in [-0.15, -0.1) is 0 Å². The fourth-order valence-electron chi connectivity index (χ4n) is 0.213. The molecule has 16 heteroatoms. The van der Waals surface area contributed by atoms with E-state index in [2.05, 4.69) is 8.62 Å². The van der Waals surface area contributed by atoms with Crippen molar-refractivity contribution in [2.75, 3.05) is 0 Å². The fraction of sp³-hybridized carbons (Fsp3) is 0. The first-order valence-electron chi connectivity index (χ1n) is 2.79. The summed E-state index contributed by atoms with van der Waals surface area (Å²) in [7, 11) is -16.5. The monoisotopic (exact) mass is 324 g/mol. The molecule has 0 rings (SSSR count). The van der Waals surface area contributed by atoms with Gasteiger partial charge in [0.05, 0.1) is 0 Å². The van der Waals surface area contributed by atoms with E-state index in [-0.39, 0.29) is 0 Å². The Morgan fingerprint density at radius 1 is 0.812 bits per heavy atom. The normalized spacial score (nSPS) is 15.9. The number of hydrogen-bond acceptors (Lipinski definition) is 6. The van der Waals surface area contributed by atoms with E-state index >= 15 is 0 Å². The summed E-state index contributed by atoms with van der Waals surface area (Å²) in [6.07, 6.45) is 0. The lowest BCUT2D eigenvalue weighted by Gasteiger charge is -2.03. The Morgan fingerprint density at radius 3 is 1.06 bits per heavy atom. The fourth-order valence-corrected chi connectivity index (χ4v) is 1.92. The third kappa shape index (κ3) is 24.0. The molecule has 0 amide bonds. The molecule has 0 heterocycles. The van der Waals surface area contributed by atoms with Gasteiger partial charge in [0.1, 0.15) is 0 Å². The van der Waals surface area contributed by atoms with Gasteiger partial charge in [-0.05, 0) is 0 Å². The van der Waals surface area contributed by atoms with E-state index in [1.54, 1.807) is 0 Å². The minimum absolute atomic E-state index is 2.96. The summed E-state index contributed by atoms with van der Waals surface area (Å²) in [5.41, 5.74) is 0. The molecule has 16 heavy (non-hydrogen) atoms. The molecule has 0 aliphatic carbocycles. The van der Waals surface area contributed by atoms with Crippen LogP contribution in [-0.2, 0) is 26.9 Å². The van der Waals surface area contributed by atoms with Crippen molar-refractivity contribution in [3.63, 3.8) is 0 Å². The van der Waals surface area contributed by atoms with E-state index in [1.807, 2.05) is 0 Å². The van der Waals surface area contributed by atoms with Crippen molar-refractivity contribution in [3.05, 3.63) is 0 Å². The zero-order chi connectivity index (χ0) is 13.6. The first kappa shape index (κ1) is 19.0. The number of rotatable bonds is 4. The van der Waals surface area contributed by atoms with E-state index in [9.17, 15) is 18.3 Å². The molecule has 0 saturated heterocycles. The van der Waals surface area contributed by atoms with E-state index in [1.165, 1.54) is 0 Å². The second kappa shape index (κ2) is 7.84. The van der Waals surface area contributed by atoms with Gasteiger partial charge in [0.25, 0.3) is 0 Å². The van der Waals surface area contributed by atoms with E-state index < -0.39 is 32.2 Å². The van der Waals surface area contributed by atoms with E-state index in [0.29, 0.717) is 0 Å². The Morgan fingerprint density at radius 2 is 1.06 bits per heavy atom. The summed E-state index contributed by atoms with van der Waals surface area (Å²) in [4.78, 5) is 46.4. The van der Waals surface area contributed by atoms with Crippen molar-refractivity contribution < 1.29 is 56.2 Å². The summed E-state index contributed by atoms with van der Waals surface area (Å²) in [5, 5.41) is 0. The second-order valence-electron chi connectivity index (χ2n) is 1.70. The molecule has 0 fully saturated rings. The van der Waals surface area contributed by atoms with Gasteiger partial charge in [0.15, 0.2) is 0 Å². The van der Waals surface area contributed by atoms with Crippen LogP contribution in [0.25, 0.3) is 0 Å². The topological polar surface area (TPSA) is 208 Å². The summed E-state index contributed by atoms with van der Waals surface area (Å²) in [6.45, 7) is 0. The average molecular weight is 324 g/mol. The number of phosphoric acid groups is 2. The molecular weight excluding hydrogens is 316 g/mol. The Hall–Kier alpha value is 0.600. The van der Waals surface area contributed by atoms with Gasteiger partial charge in [-0.1, -0.05) is 0 Å². The highest BCUT2D eigenvalue weighted by Gasteiger charge is 2.27. The van der Waals surface area contributed by atoms with Crippen LogP contribution in [0.15, 0.2) is 0 Å². The first-order valence-corrected chi connectivity index (χ1v) is 8.38. The van der Waals surface area contributed by atoms with Gasteiger partial charge in [0, 0.05) is 0 Å². The standard InChI is InChI=1S/H4O7P2.H4O5P2/c1-8(2,3)7-9(4,5)6;1-6(2)5-7(3)4/h(H2,1,2,3)(H2,4,5,6);6-7H,(H,1,2)(H,3,4). The summed E-state index contributed by atoms with van der Waals surface area (Å²) in [6, 6.07) is 0. The second-order valence-corrected chi connectivity index (χ2v) is 6.19. The molecule has 0 aliphatic heterocycles. The lowest BCUT2D eigenvalue weighted by Crippen LogP contribution is -1.84. The smallest absolute Gasteiger partial charge is 0.326 e. The Bertz CT molecular complexity index is 295. The van der Waals surface area contributed by atoms with Gasteiger partial charge >= 0.3 is 32.2 Å². The summed E-state index contributed by atoms with van der Waals surface area (Å²) in [5.74, 6) is 0. The van der Waals surface area contributed by atoms with E-state index in [0.717, 1.165) is 0 Å². The minimum atomic E-state index is -5.05. The van der Waals surface area contributed by atoms with Crippen molar-refractivity contribution in [1.29, 1.82) is 0 Å². The Balaban J connectivity index is 0. The molecule has 0 aliphatic rings. The molecular formula is H8O12P4. The molecule has 100 valence electrons. The van der Waals surface area contributed by atoms with Crippen LogP contribution in [0.2, 0.25) is 0 Å². The SMILES string of the molecule is O=P(O)(O)OP(=O)(O)O.O=[PH](O)O[PH](=O)O. The van der Waals surface area contributed by atoms with Crippen LogP contribution in [0.3, 0.4) is 0 Å². The van der Waals surface area contributed by atoms with Crippen LogP contribution in [-0.4, -0.2) is 29.4 Å². The van der Waals surface area contributed by atoms with Crippen LogP contribution >= 0.6 is 32.2 Å². The Labute approximate surface area is 89.2 Å². The third-order valence-electron chi connectivity index (χ3n) is 0.387. The molecule has 0 saturated carbocycles. The van der Waals surface area contributed by atoms with Crippen LogP contribution in [0.4, 0.5) is 0 Å².